The SMILES string of the molecule is CC(C)C(NC(=O)Nc1ccc(N2CCOCC2)c(F)c1)c1ccccc1. The van der Waals surface area contributed by atoms with Crippen molar-refractivity contribution in [1.82, 2.24) is 5.32 Å². The number of benzene rings is 2. The van der Waals surface area contributed by atoms with Gasteiger partial charge in [0.25, 0.3) is 0 Å². The molecule has 1 heterocycles. The van der Waals surface area contributed by atoms with Gasteiger partial charge in [0.05, 0.1) is 24.9 Å². The molecule has 1 fully saturated rings. The molecule has 1 aliphatic rings. The summed E-state index contributed by atoms with van der Waals surface area (Å²) in [5.74, 6) is -0.128. The maximum atomic E-state index is 14.5. The van der Waals surface area contributed by atoms with Gasteiger partial charge in [-0.2, -0.15) is 0 Å². The van der Waals surface area contributed by atoms with Crippen LogP contribution < -0.4 is 15.5 Å². The third-order valence-electron chi connectivity index (χ3n) is 4.67. The van der Waals surface area contributed by atoms with Crippen molar-refractivity contribution in [3.05, 3.63) is 59.9 Å². The van der Waals surface area contributed by atoms with Crippen molar-refractivity contribution in [3.8, 4) is 0 Å². The fourth-order valence-corrected chi connectivity index (χ4v) is 3.25. The lowest BCUT2D eigenvalue weighted by Crippen LogP contribution is -2.37. The predicted octanol–water partition coefficient (Wildman–Crippen LogP) is 4.18. The Balaban J connectivity index is 1.65. The van der Waals surface area contributed by atoms with E-state index in [-0.39, 0.29) is 23.8 Å². The van der Waals surface area contributed by atoms with Crippen LogP contribution in [0, 0.1) is 11.7 Å². The molecular weight excluding hydrogens is 345 g/mol. The molecule has 1 aliphatic heterocycles. The van der Waals surface area contributed by atoms with Crippen LogP contribution in [-0.2, 0) is 4.74 Å². The Kier molecular flexibility index (Phi) is 6.29. The largest absolute Gasteiger partial charge is 0.378 e. The molecule has 2 amide bonds. The first kappa shape index (κ1) is 19.2. The van der Waals surface area contributed by atoms with Crippen LogP contribution in [0.5, 0.6) is 0 Å². The highest BCUT2D eigenvalue weighted by atomic mass is 19.1. The third kappa shape index (κ3) is 4.98. The number of hydrogen-bond acceptors (Lipinski definition) is 3. The second-order valence-electron chi connectivity index (χ2n) is 7.00. The molecule has 0 aliphatic carbocycles. The molecule has 0 radical (unpaired) electrons. The van der Waals surface area contributed by atoms with Gasteiger partial charge in [0.15, 0.2) is 0 Å². The lowest BCUT2D eigenvalue weighted by molar-refractivity contribution is 0.122. The molecule has 0 saturated carbocycles. The predicted molar refractivity (Wildman–Crippen MR) is 106 cm³/mol. The Bertz CT molecular complexity index is 761. The van der Waals surface area contributed by atoms with Gasteiger partial charge in [-0.15, -0.1) is 0 Å². The first-order valence-corrected chi connectivity index (χ1v) is 9.29. The molecule has 0 spiro atoms. The fraction of sp³-hybridized carbons (Fsp3) is 0.381. The number of ether oxygens (including phenoxy) is 1. The Morgan fingerprint density at radius 3 is 2.44 bits per heavy atom. The molecule has 6 heteroatoms. The Hall–Kier alpha value is -2.60. The molecule has 144 valence electrons. The summed E-state index contributed by atoms with van der Waals surface area (Å²) in [5, 5.41) is 5.71. The van der Waals surface area contributed by atoms with E-state index in [2.05, 4.69) is 24.5 Å². The van der Waals surface area contributed by atoms with Gasteiger partial charge < -0.3 is 20.3 Å². The van der Waals surface area contributed by atoms with Gasteiger partial charge in [-0.05, 0) is 29.7 Å². The highest BCUT2D eigenvalue weighted by molar-refractivity contribution is 5.89. The number of nitrogens with zero attached hydrogens (tertiary/aromatic N) is 1. The molecule has 0 aromatic heterocycles. The first-order chi connectivity index (χ1) is 13.0. The molecular formula is C21H26FN3O2. The van der Waals surface area contributed by atoms with E-state index in [1.54, 1.807) is 12.1 Å². The lowest BCUT2D eigenvalue weighted by atomic mass is 9.96. The number of urea groups is 1. The maximum absolute atomic E-state index is 14.5. The number of amides is 2. The van der Waals surface area contributed by atoms with Gasteiger partial charge in [0.2, 0.25) is 0 Å². The summed E-state index contributed by atoms with van der Waals surface area (Å²) in [7, 11) is 0. The Morgan fingerprint density at radius 1 is 1.11 bits per heavy atom. The standard InChI is InChI=1S/C21H26FN3O2/c1-15(2)20(16-6-4-3-5-7-16)24-21(26)23-17-8-9-19(18(22)14-17)25-10-12-27-13-11-25/h3-9,14-15,20H,10-13H2,1-2H3,(H2,23,24,26). The summed E-state index contributed by atoms with van der Waals surface area (Å²) < 4.78 is 19.8. The first-order valence-electron chi connectivity index (χ1n) is 9.29. The average Bonchev–Trinajstić information content (AvgIpc) is 2.67. The number of carbonyl (C=O) groups excluding carboxylic acids is 1. The zero-order valence-electron chi connectivity index (χ0n) is 15.7. The second-order valence-corrected chi connectivity index (χ2v) is 7.00. The third-order valence-corrected chi connectivity index (χ3v) is 4.67. The highest BCUT2D eigenvalue weighted by Crippen LogP contribution is 2.25. The molecule has 1 atom stereocenters. The topological polar surface area (TPSA) is 53.6 Å². The van der Waals surface area contributed by atoms with Gasteiger partial charge in [0.1, 0.15) is 5.82 Å². The minimum absolute atomic E-state index is 0.122. The van der Waals surface area contributed by atoms with E-state index in [0.29, 0.717) is 37.7 Å². The number of rotatable bonds is 5. The van der Waals surface area contributed by atoms with E-state index in [1.807, 2.05) is 35.2 Å². The Labute approximate surface area is 159 Å². The van der Waals surface area contributed by atoms with Crippen molar-refractivity contribution in [2.24, 2.45) is 5.92 Å². The minimum Gasteiger partial charge on any atom is -0.378 e. The van der Waals surface area contributed by atoms with Crippen LogP contribution in [0.15, 0.2) is 48.5 Å². The molecule has 27 heavy (non-hydrogen) atoms. The van der Waals surface area contributed by atoms with Gasteiger partial charge in [-0.3, -0.25) is 0 Å². The fourth-order valence-electron chi connectivity index (χ4n) is 3.25. The second kappa shape index (κ2) is 8.86. The van der Waals surface area contributed by atoms with Crippen molar-refractivity contribution in [3.63, 3.8) is 0 Å². The van der Waals surface area contributed by atoms with Crippen LogP contribution in [0.4, 0.5) is 20.6 Å². The number of carbonyl (C=O) groups is 1. The Morgan fingerprint density at radius 2 is 1.81 bits per heavy atom. The molecule has 5 nitrogen and oxygen atoms in total. The number of morpholine rings is 1. The highest BCUT2D eigenvalue weighted by Gasteiger charge is 2.19. The van der Waals surface area contributed by atoms with Crippen LogP contribution in [0.25, 0.3) is 0 Å². The molecule has 2 N–H and O–H groups in total. The molecule has 2 aromatic carbocycles. The summed E-state index contributed by atoms with van der Waals surface area (Å²) in [5.41, 5.74) is 2.00. The molecule has 2 aromatic rings. The van der Waals surface area contributed by atoms with Crippen LogP contribution in [0.2, 0.25) is 0 Å². The normalized spacial score (nSPS) is 15.5. The van der Waals surface area contributed by atoms with E-state index < -0.39 is 0 Å². The summed E-state index contributed by atoms with van der Waals surface area (Å²) >= 11 is 0. The van der Waals surface area contributed by atoms with Crippen LogP contribution >= 0.6 is 0 Å². The van der Waals surface area contributed by atoms with Gasteiger partial charge in [-0.25, -0.2) is 9.18 Å². The van der Waals surface area contributed by atoms with Crippen molar-refractivity contribution in [1.29, 1.82) is 0 Å². The number of nitrogens with one attached hydrogen (secondary N) is 2. The lowest BCUT2D eigenvalue weighted by Gasteiger charge is -2.29. The van der Waals surface area contributed by atoms with Crippen LogP contribution in [-0.4, -0.2) is 32.3 Å². The quantitative estimate of drug-likeness (QED) is 0.829. The summed E-state index contributed by atoms with van der Waals surface area (Å²) in [6.07, 6.45) is 0. The minimum atomic E-state index is -0.351. The van der Waals surface area contributed by atoms with Gasteiger partial charge in [-0.1, -0.05) is 44.2 Å². The number of halogens is 1. The number of hydrogen-bond donors (Lipinski definition) is 2. The van der Waals surface area contributed by atoms with E-state index in [9.17, 15) is 9.18 Å². The average molecular weight is 371 g/mol. The van der Waals surface area contributed by atoms with E-state index in [4.69, 9.17) is 4.74 Å². The monoisotopic (exact) mass is 371 g/mol. The van der Waals surface area contributed by atoms with Crippen molar-refractivity contribution < 1.29 is 13.9 Å². The zero-order chi connectivity index (χ0) is 19.2. The maximum Gasteiger partial charge on any atom is 0.319 e. The summed E-state index contributed by atoms with van der Waals surface area (Å²) in [6, 6.07) is 14.1. The van der Waals surface area contributed by atoms with E-state index in [1.165, 1.54) is 6.07 Å². The van der Waals surface area contributed by atoms with Crippen LogP contribution in [0.3, 0.4) is 0 Å². The van der Waals surface area contributed by atoms with Crippen molar-refractivity contribution in [2.45, 2.75) is 19.9 Å². The smallest absolute Gasteiger partial charge is 0.319 e. The molecule has 1 saturated heterocycles. The van der Waals surface area contributed by atoms with Crippen LogP contribution in [0.1, 0.15) is 25.5 Å². The van der Waals surface area contributed by atoms with E-state index >= 15 is 0 Å². The van der Waals surface area contributed by atoms with Crippen molar-refractivity contribution in [2.75, 3.05) is 36.5 Å². The zero-order valence-corrected chi connectivity index (χ0v) is 15.7. The molecule has 3 rings (SSSR count). The van der Waals surface area contributed by atoms with Gasteiger partial charge >= 0.3 is 6.03 Å². The van der Waals surface area contributed by atoms with Gasteiger partial charge in [0, 0.05) is 18.8 Å². The molecule has 1 unspecified atom stereocenters. The van der Waals surface area contributed by atoms with Crippen molar-refractivity contribution >= 4 is 17.4 Å². The van der Waals surface area contributed by atoms with E-state index in [0.717, 1.165) is 5.56 Å². The number of anilines is 2. The summed E-state index contributed by atoms with van der Waals surface area (Å²) in [6.45, 7) is 6.62. The summed E-state index contributed by atoms with van der Waals surface area (Å²) in [4.78, 5) is 14.4. The molecule has 0 bridgehead atoms.